The molecular weight excluding hydrogens is 412 g/mol. The minimum absolute atomic E-state index is 0.321. The Hall–Kier alpha value is -4.07. The summed E-state index contributed by atoms with van der Waals surface area (Å²) in [7, 11) is 4.73. The molecule has 3 rings (SSSR count). The van der Waals surface area contributed by atoms with E-state index in [1.54, 1.807) is 32.4 Å². The van der Waals surface area contributed by atoms with Crippen molar-refractivity contribution in [2.45, 2.75) is 0 Å². The van der Waals surface area contributed by atoms with Crippen molar-refractivity contribution in [3.05, 3.63) is 66.7 Å². The predicted molar refractivity (Wildman–Crippen MR) is 122 cm³/mol. The van der Waals surface area contributed by atoms with Gasteiger partial charge in [0, 0.05) is 26.2 Å². The van der Waals surface area contributed by atoms with Crippen molar-refractivity contribution in [3.8, 4) is 34.5 Å². The van der Waals surface area contributed by atoms with E-state index >= 15 is 0 Å². The van der Waals surface area contributed by atoms with Crippen LogP contribution in [0.4, 0.5) is 10.5 Å². The molecule has 0 saturated heterocycles. The number of rotatable bonds is 10. The number of nitrogens with one attached hydrogen (secondary N) is 1. The van der Waals surface area contributed by atoms with Gasteiger partial charge in [0.05, 0.1) is 19.9 Å². The predicted octanol–water partition coefficient (Wildman–Crippen LogP) is 5.31. The maximum atomic E-state index is 11.0. The lowest BCUT2D eigenvalue weighted by molar-refractivity contribution is 0.157. The van der Waals surface area contributed by atoms with Crippen molar-refractivity contribution in [1.82, 2.24) is 4.90 Å². The number of methoxy groups -OCH3 is 2. The minimum atomic E-state index is -0.982. The zero-order valence-corrected chi connectivity index (χ0v) is 18.2. The Labute approximate surface area is 186 Å². The van der Waals surface area contributed by atoms with Gasteiger partial charge < -0.3 is 34.3 Å². The Morgan fingerprint density at radius 1 is 0.812 bits per heavy atom. The Morgan fingerprint density at radius 3 is 1.84 bits per heavy atom. The van der Waals surface area contributed by atoms with Gasteiger partial charge in [-0.15, -0.1) is 0 Å². The molecule has 0 atom stereocenters. The zero-order chi connectivity index (χ0) is 22.9. The van der Waals surface area contributed by atoms with Crippen molar-refractivity contribution in [3.63, 3.8) is 0 Å². The smallest absolute Gasteiger partial charge is 0.407 e. The van der Waals surface area contributed by atoms with Gasteiger partial charge in [-0.2, -0.15) is 0 Å². The lowest BCUT2D eigenvalue weighted by Crippen LogP contribution is -2.29. The van der Waals surface area contributed by atoms with Gasteiger partial charge in [-0.1, -0.05) is 0 Å². The van der Waals surface area contributed by atoms with Crippen molar-refractivity contribution in [2.24, 2.45) is 0 Å². The number of carboxylic acid groups (broad SMARTS) is 1. The monoisotopic (exact) mass is 438 g/mol. The summed E-state index contributed by atoms with van der Waals surface area (Å²) in [5, 5.41) is 12.2. The molecule has 8 heteroatoms. The van der Waals surface area contributed by atoms with Crippen LogP contribution < -0.4 is 24.3 Å². The molecule has 0 aliphatic carbocycles. The van der Waals surface area contributed by atoms with Crippen LogP contribution in [0.2, 0.25) is 0 Å². The summed E-state index contributed by atoms with van der Waals surface area (Å²) in [6.45, 7) is 0.738. The number of anilines is 1. The number of hydrogen-bond donors (Lipinski definition) is 2. The molecule has 0 radical (unpaired) electrons. The lowest BCUT2D eigenvalue weighted by Gasteiger charge is -2.17. The second-order valence-electron chi connectivity index (χ2n) is 6.84. The Bertz CT molecular complexity index is 1020. The van der Waals surface area contributed by atoms with E-state index in [4.69, 9.17) is 24.1 Å². The van der Waals surface area contributed by atoms with E-state index in [9.17, 15) is 4.79 Å². The van der Waals surface area contributed by atoms with Crippen LogP contribution in [-0.2, 0) is 0 Å². The third kappa shape index (κ3) is 6.21. The average molecular weight is 438 g/mol. The summed E-state index contributed by atoms with van der Waals surface area (Å²) >= 11 is 0. The molecular formula is C24H26N2O6. The fourth-order valence-corrected chi connectivity index (χ4v) is 2.80. The number of hydrogen-bond acceptors (Lipinski definition) is 6. The number of ether oxygens (including phenoxy) is 4. The van der Waals surface area contributed by atoms with Gasteiger partial charge in [0.1, 0.15) is 28.7 Å². The molecule has 0 saturated carbocycles. The normalized spacial score (nSPS) is 10.2. The number of nitrogens with zero attached hydrogens (tertiary/aromatic N) is 1. The molecule has 0 aliphatic rings. The van der Waals surface area contributed by atoms with Crippen molar-refractivity contribution in [2.75, 3.05) is 39.7 Å². The number of carbonyl (C=O) groups is 1. The molecule has 3 aromatic rings. The molecule has 3 aromatic carbocycles. The first-order chi connectivity index (χ1) is 15.5. The Kier molecular flexibility index (Phi) is 7.64. The fourth-order valence-electron chi connectivity index (χ4n) is 2.80. The summed E-state index contributed by atoms with van der Waals surface area (Å²) in [5.74, 6) is 3.88. The van der Waals surface area contributed by atoms with Crippen LogP contribution in [0.25, 0.3) is 0 Å². The van der Waals surface area contributed by atoms with Crippen LogP contribution in [0.1, 0.15) is 0 Å². The van der Waals surface area contributed by atoms with Gasteiger partial charge in [-0.25, -0.2) is 4.79 Å². The van der Waals surface area contributed by atoms with E-state index < -0.39 is 6.09 Å². The van der Waals surface area contributed by atoms with Crippen LogP contribution in [0.3, 0.4) is 0 Å². The third-order valence-corrected chi connectivity index (χ3v) is 4.62. The molecule has 0 unspecified atom stereocenters. The summed E-state index contributed by atoms with van der Waals surface area (Å²) in [5.41, 5.74) is 0.710. The molecule has 0 aliphatic heterocycles. The average Bonchev–Trinajstić information content (AvgIpc) is 2.81. The van der Waals surface area contributed by atoms with Crippen LogP contribution in [-0.4, -0.2) is 50.5 Å². The third-order valence-electron chi connectivity index (χ3n) is 4.62. The van der Waals surface area contributed by atoms with Crippen LogP contribution in [0, 0.1) is 0 Å². The highest BCUT2D eigenvalue weighted by Gasteiger charge is 2.10. The molecule has 8 nitrogen and oxygen atoms in total. The molecule has 0 aromatic heterocycles. The topological polar surface area (TPSA) is 89.5 Å². The van der Waals surface area contributed by atoms with Gasteiger partial charge in [0.15, 0.2) is 5.75 Å². The highest BCUT2D eigenvalue weighted by atomic mass is 16.5. The summed E-state index contributed by atoms with van der Waals surface area (Å²) in [4.78, 5) is 12.2. The minimum Gasteiger partial charge on any atom is -0.497 e. The van der Waals surface area contributed by atoms with E-state index in [1.165, 1.54) is 11.9 Å². The van der Waals surface area contributed by atoms with Gasteiger partial charge >= 0.3 is 6.09 Å². The fraction of sp³-hybridized carbons (Fsp3) is 0.208. The van der Waals surface area contributed by atoms with E-state index in [0.717, 1.165) is 11.5 Å². The number of likely N-dealkylation sites (N-methyl/N-ethyl adjacent to an activating group) is 1. The summed E-state index contributed by atoms with van der Waals surface area (Å²) in [6, 6.07) is 19.9. The van der Waals surface area contributed by atoms with Gasteiger partial charge in [0.25, 0.3) is 0 Å². The van der Waals surface area contributed by atoms with Gasteiger partial charge in [0.2, 0.25) is 0 Å². The molecule has 0 bridgehead atoms. The molecule has 0 fully saturated rings. The van der Waals surface area contributed by atoms with Gasteiger partial charge in [-0.3, -0.25) is 0 Å². The standard InChI is InChI=1S/C24H26N2O6/c1-26(24(27)28)15-14-25-22-13-12-21(31-19-8-4-17(29-2)5-9-19)16-23(22)32-20-10-6-18(30-3)7-11-20/h4-13,16,25H,14-15H2,1-3H3,(H,27,28). The van der Waals surface area contributed by atoms with Gasteiger partial charge in [-0.05, 0) is 60.7 Å². The van der Waals surface area contributed by atoms with E-state index in [-0.39, 0.29) is 0 Å². The van der Waals surface area contributed by atoms with Crippen molar-refractivity contribution in [1.29, 1.82) is 0 Å². The summed E-state index contributed by atoms with van der Waals surface area (Å²) < 4.78 is 22.4. The second-order valence-corrected chi connectivity index (χ2v) is 6.84. The largest absolute Gasteiger partial charge is 0.497 e. The quantitative estimate of drug-likeness (QED) is 0.443. The van der Waals surface area contributed by atoms with Crippen LogP contribution >= 0.6 is 0 Å². The molecule has 1 amide bonds. The van der Waals surface area contributed by atoms with Crippen molar-refractivity contribution < 1.29 is 28.8 Å². The van der Waals surface area contributed by atoms with E-state index in [0.29, 0.717) is 41.8 Å². The Morgan fingerprint density at radius 2 is 1.31 bits per heavy atom. The van der Waals surface area contributed by atoms with Crippen LogP contribution in [0.5, 0.6) is 34.5 Å². The number of amides is 1. The first kappa shape index (κ1) is 22.6. The molecule has 0 heterocycles. The SMILES string of the molecule is COc1ccc(Oc2ccc(NCCN(C)C(=O)O)c(Oc3ccc(OC)cc3)c2)cc1. The first-order valence-corrected chi connectivity index (χ1v) is 9.94. The lowest BCUT2D eigenvalue weighted by atomic mass is 10.2. The van der Waals surface area contributed by atoms with E-state index in [2.05, 4.69) is 5.32 Å². The second kappa shape index (κ2) is 10.8. The molecule has 168 valence electrons. The molecule has 2 N–H and O–H groups in total. The van der Waals surface area contributed by atoms with Crippen molar-refractivity contribution >= 4 is 11.8 Å². The van der Waals surface area contributed by atoms with Crippen LogP contribution in [0.15, 0.2) is 66.7 Å². The number of benzene rings is 3. The highest BCUT2D eigenvalue weighted by molar-refractivity contribution is 5.65. The maximum absolute atomic E-state index is 11.0. The zero-order valence-electron chi connectivity index (χ0n) is 18.2. The highest BCUT2D eigenvalue weighted by Crippen LogP contribution is 2.35. The Balaban J connectivity index is 1.79. The summed E-state index contributed by atoms with van der Waals surface area (Å²) in [6.07, 6.45) is -0.982. The van der Waals surface area contributed by atoms with E-state index in [1.807, 2.05) is 48.5 Å². The maximum Gasteiger partial charge on any atom is 0.407 e. The first-order valence-electron chi connectivity index (χ1n) is 9.94. The molecule has 0 spiro atoms. The molecule has 32 heavy (non-hydrogen) atoms.